The van der Waals surface area contributed by atoms with Crippen molar-refractivity contribution in [1.82, 2.24) is 4.90 Å². The Morgan fingerprint density at radius 1 is 0.963 bits per heavy atom. The molecule has 0 aromatic heterocycles. The molecule has 0 spiro atoms. The van der Waals surface area contributed by atoms with Crippen molar-refractivity contribution in [3.05, 3.63) is 47.5 Å². The fraction of sp³-hybridized carbons (Fsp3) is 0.350. The van der Waals surface area contributed by atoms with E-state index in [2.05, 4.69) is 10.2 Å². The Balaban J connectivity index is 1.35. The molecule has 4 rings (SSSR count). The number of hydrogen-bond acceptors (Lipinski definition) is 4. The topological polar surface area (TPSA) is 54.0 Å². The molecular weight excluding hydrogens is 366 g/mol. The second-order valence-electron chi connectivity index (χ2n) is 6.60. The van der Waals surface area contributed by atoms with E-state index in [-0.39, 0.29) is 6.03 Å². The molecule has 2 aliphatic rings. The Hall–Kier alpha value is -2.60. The van der Waals surface area contributed by atoms with Gasteiger partial charge in [0.1, 0.15) is 0 Å². The molecule has 1 fully saturated rings. The van der Waals surface area contributed by atoms with Crippen LogP contribution < -0.4 is 19.7 Å². The maximum absolute atomic E-state index is 12.6. The molecule has 0 radical (unpaired) electrons. The number of halogens is 1. The average molecular weight is 388 g/mol. The highest BCUT2D eigenvalue weighted by molar-refractivity contribution is 6.30. The molecule has 142 valence electrons. The first-order valence-electron chi connectivity index (χ1n) is 9.15. The first kappa shape index (κ1) is 17.8. The lowest BCUT2D eigenvalue weighted by Gasteiger charge is -2.36. The molecular formula is C20H22ClN3O3. The molecule has 0 bridgehead atoms. The summed E-state index contributed by atoms with van der Waals surface area (Å²) < 4.78 is 11.3. The van der Waals surface area contributed by atoms with Gasteiger partial charge >= 0.3 is 6.03 Å². The predicted molar refractivity (Wildman–Crippen MR) is 106 cm³/mol. The van der Waals surface area contributed by atoms with Gasteiger partial charge in [-0.25, -0.2) is 4.79 Å². The summed E-state index contributed by atoms with van der Waals surface area (Å²) in [5, 5.41) is 3.68. The Morgan fingerprint density at radius 3 is 2.52 bits per heavy atom. The van der Waals surface area contributed by atoms with Gasteiger partial charge in [0, 0.05) is 55.1 Å². The molecule has 7 heteroatoms. The van der Waals surface area contributed by atoms with Gasteiger partial charge < -0.3 is 24.6 Å². The molecule has 1 saturated heterocycles. The van der Waals surface area contributed by atoms with Gasteiger partial charge in [-0.1, -0.05) is 17.7 Å². The van der Waals surface area contributed by atoms with Gasteiger partial charge in [-0.2, -0.15) is 0 Å². The number of carbonyl (C=O) groups excluding carboxylic acids is 1. The van der Waals surface area contributed by atoms with Gasteiger partial charge in [0.15, 0.2) is 11.5 Å². The van der Waals surface area contributed by atoms with Crippen LogP contribution in [0.1, 0.15) is 6.42 Å². The molecule has 2 amide bonds. The quantitative estimate of drug-likeness (QED) is 0.850. The minimum Gasteiger partial charge on any atom is -0.490 e. The van der Waals surface area contributed by atoms with Crippen molar-refractivity contribution in [2.75, 3.05) is 49.6 Å². The maximum Gasteiger partial charge on any atom is 0.321 e. The lowest BCUT2D eigenvalue weighted by molar-refractivity contribution is 0.208. The summed E-state index contributed by atoms with van der Waals surface area (Å²) in [5.41, 5.74) is 1.80. The fourth-order valence-electron chi connectivity index (χ4n) is 3.28. The molecule has 2 aromatic rings. The molecule has 2 aromatic carbocycles. The number of urea groups is 1. The van der Waals surface area contributed by atoms with Crippen molar-refractivity contribution < 1.29 is 14.3 Å². The number of fused-ring (bicyclic) bond motifs is 1. The number of nitrogens with zero attached hydrogens (tertiary/aromatic N) is 2. The van der Waals surface area contributed by atoms with Crippen LogP contribution in [-0.4, -0.2) is 50.3 Å². The SMILES string of the molecule is O=C(Nc1ccc2c(c1)OCCCO2)N1CCN(c2cccc(Cl)c2)CC1. The second kappa shape index (κ2) is 7.96. The van der Waals surface area contributed by atoms with Crippen LogP contribution in [0.5, 0.6) is 11.5 Å². The number of rotatable bonds is 2. The minimum absolute atomic E-state index is 0.102. The molecule has 0 saturated carbocycles. The van der Waals surface area contributed by atoms with Crippen LogP contribution in [0.4, 0.5) is 16.2 Å². The summed E-state index contributed by atoms with van der Waals surface area (Å²) >= 11 is 6.07. The van der Waals surface area contributed by atoms with E-state index in [9.17, 15) is 4.79 Å². The van der Waals surface area contributed by atoms with Crippen molar-refractivity contribution in [3.63, 3.8) is 0 Å². The summed E-state index contributed by atoms with van der Waals surface area (Å²) in [5.74, 6) is 1.40. The van der Waals surface area contributed by atoms with Crippen LogP contribution >= 0.6 is 11.6 Å². The number of benzene rings is 2. The van der Waals surface area contributed by atoms with E-state index < -0.39 is 0 Å². The summed E-state index contributed by atoms with van der Waals surface area (Å²) in [7, 11) is 0. The maximum atomic E-state index is 12.6. The number of hydrogen-bond donors (Lipinski definition) is 1. The van der Waals surface area contributed by atoms with Crippen LogP contribution in [-0.2, 0) is 0 Å². The van der Waals surface area contributed by atoms with Crippen molar-refractivity contribution in [2.24, 2.45) is 0 Å². The third-order valence-electron chi connectivity index (χ3n) is 4.74. The minimum atomic E-state index is -0.102. The number of nitrogens with one attached hydrogen (secondary N) is 1. The van der Waals surface area contributed by atoms with E-state index in [4.69, 9.17) is 21.1 Å². The van der Waals surface area contributed by atoms with Gasteiger partial charge in [-0.3, -0.25) is 0 Å². The normalized spacial score (nSPS) is 16.6. The smallest absolute Gasteiger partial charge is 0.321 e. The van der Waals surface area contributed by atoms with Gasteiger partial charge in [0.25, 0.3) is 0 Å². The van der Waals surface area contributed by atoms with Crippen LogP contribution in [0.2, 0.25) is 5.02 Å². The van der Waals surface area contributed by atoms with Crippen LogP contribution in [0, 0.1) is 0 Å². The van der Waals surface area contributed by atoms with Crippen LogP contribution in [0.15, 0.2) is 42.5 Å². The third-order valence-corrected chi connectivity index (χ3v) is 4.97. The number of carbonyl (C=O) groups is 1. The molecule has 1 N–H and O–H groups in total. The molecule has 2 heterocycles. The highest BCUT2D eigenvalue weighted by atomic mass is 35.5. The number of amides is 2. The van der Waals surface area contributed by atoms with Crippen molar-refractivity contribution in [1.29, 1.82) is 0 Å². The monoisotopic (exact) mass is 387 g/mol. The molecule has 2 aliphatic heterocycles. The lowest BCUT2D eigenvalue weighted by atomic mass is 10.2. The van der Waals surface area contributed by atoms with Crippen LogP contribution in [0.3, 0.4) is 0 Å². The Morgan fingerprint density at radius 2 is 1.74 bits per heavy atom. The summed E-state index contributed by atoms with van der Waals surface area (Å²) in [6, 6.07) is 13.2. The zero-order valence-corrected chi connectivity index (χ0v) is 15.7. The van der Waals surface area contributed by atoms with E-state index in [0.717, 1.165) is 36.0 Å². The molecule has 6 nitrogen and oxygen atoms in total. The first-order chi connectivity index (χ1) is 13.2. The Labute approximate surface area is 163 Å². The third kappa shape index (κ3) is 4.22. The number of anilines is 2. The van der Waals surface area contributed by atoms with Gasteiger partial charge in [0.05, 0.1) is 13.2 Å². The standard InChI is InChI=1S/C20H22ClN3O3/c21-15-3-1-4-17(13-15)23-7-9-24(10-8-23)20(25)22-16-5-6-18-19(14-16)27-12-2-11-26-18/h1,3-6,13-14H,2,7-12H2,(H,22,25). The zero-order valence-electron chi connectivity index (χ0n) is 15.0. The van der Waals surface area contributed by atoms with Crippen LogP contribution in [0.25, 0.3) is 0 Å². The van der Waals surface area contributed by atoms with E-state index in [0.29, 0.717) is 37.7 Å². The fourth-order valence-corrected chi connectivity index (χ4v) is 3.47. The summed E-state index contributed by atoms with van der Waals surface area (Å²) in [6.45, 7) is 4.13. The average Bonchev–Trinajstić information content (AvgIpc) is 2.93. The molecule has 0 atom stereocenters. The van der Waals surface area contributed by atoms with Gasteiger partial charge in [-0.05, 0) is 30.3 Å². The summed E-state index contributed by atoms with van der Waals surface area (Å²) in [6.07, 6.45) is 0.854. The van der Waals surface area contributed by atoms with Crippen molar-refractivity contribution in [2.45, 2.75) is 6.42 Å². The molecule has 0 aliphatic carbocycles. The first-order valence-corrected chi connectivity index (χ1v) is 9.53. The predicted octanol–water partition coefficient (Wildman–Crippen LogP) is 3.86. The van der Waals surface area contributed by atoms with Gasteiger partial charge in [-0.15, -0.1) is 0 Å². The van der Waals surface area contributed by atoms with E-state index >= 15 is 0 Å². The van der Waals surface area contributed by atoms with E-state index in [1.165, 1.54) is 0 Å². The summed E-state index contributed by atoms with van der Waals surface area (Å²) in [4.78, 5) is 16.7. The molecule has 0 unspecified atom stereocenters. The zero-order chi connectivity index (χ0) is 18.6. The number of ether oxygens (including phenoxy) is 2. The second-order valence-corrected chi connectivity index (χ2v) is 7.03. The number of piperazine rings is 1. The van der Waals surface area contributed by atoms with E-state index in [1.54, 1.807) is 0 Å². The molecule has 27 heavy (non-hydrogen) atoms. The van der Waals surface area contributed by atoms with Crippen molar-refractivity contribution in [3.8, 4) is 11.5 Å². The van der Waals surface area contributed by atoms with E-state index in [1.807, 2.05) is 47.4 Å². The lowest BCUT2D eigenvalue weighted by Crippen LogP contribution is -2.50. The van der Waals surface area contributed by atoms with Crippen molar-refractivity contribution >= 4 is 29.0 Å². The Kier molecular flexibility index (Phi) is 5.25. The highest BCUT2D eigenvalue weighted by Crippen LogP contribution is 2.32. The highest BCUT2D eigenvalue weighted by Gasteiger charge is 2.22. The largest absolute Gasteiger partial charge is 0.490 e. The van der Waals surface area contributed by atoms with Gasteiger partial charge in [0.2, 0.25) is 0 Å². The Bertz CT molecular complexity index is 822.